The monoisotopic (exact) mass is 773 g/mol. The molecule has 0 radical (unpaired) electrons. The number of hydrogen-bond acceptors (Lipinski definition) is 11. The highest BCUT2D eigenvalue weighted by Gasteiger charge is 2.62. The molecule has 1 aromatic carbocycles. The molecule has 15 nitrogen and oxygen atoms in total. The fraction of sp³-hybridized carbons (Fsp3) is 0.611. The number of likely N-dealkylation sites (tertiary alicyclic amines) is 1. The topological polar surface area (TPSA) is 198 Å². The number of carbonyl (C=O) groups is 4. The Labute approximate surface area is 314 Å². The number of benzene rings is 1. The molecule has 3 saturated carbocycles. The summed E-state index contributed by atoms with van der Waals surface area (Å²) in [6.07, 6.45) is 3.40. The van der Waals surface area contributed by atoms with Crippen molar-refractivity contribution in [2.24, 2.45) is 11.3 Å². The van der Waals surface area contributed by atoms with Crippen LogP contribution in [-0.2, 0) is 29.1 Å². The summed E-state index contributed by atoms with van der Waals surface area (Å²) in [7, 11) is -3.87. The Morgan fingerprint density at radius 3 is 2.36 bits per heavy atom. The minimum atomic E-state index is -3.87. The summed E-state index contributed by atoms with van der Waals surface area (Å²) in [4.78, 5) is 65.4. The van der Waals surface area contributed by atoms with Crippen LogP contribution in [0.25, 0.3) is 0 Å². The van der Waals surface area contributed by atoms with Crippen LogP contribution in [0, 0.1) is 11.3 Å². The Hall–Kier alpha value is -4.18. The molecule has 1 aliphatic heterocycles. The maximum Gasteiger partial charge on any atom is 0.408 e. The molecule has 2 heterocycles. The van der Waals surface area contributed by atoms with Gasteiger partial charge >= 0.3 is 6.09 Å². The van der Waals surface area contributed by atoms with Crippen LogP contribution < -0.4 is 25.4 Å². The number of ether oxygens (including phenoxy) is 2. The fourth-order valence-electron chi connectivity index (χ4n) is 7.13. The third kappa shape index (κ3) is 9.14. The van der Waals surface area contributed by atoms with E-state index in [1.54, 1.807) is 20.8 Å². The molecule has 4 fully saturated rings. The predicted octanol–water partition coefficient (Wildman–Crippen LogP) is 4.20. The molecule has 288 valence electrons. The van der Waals surface area contributed by atoms with E-state index >= 15 is 0 Å². The lowest BCUT2D eigenvalue weighted by molar-refractivity contribution is -0.143. The fourth-order valence-corrected chi connectivity index (χ4v) is 8.67. The third-order valence-corrected chi connectivity index (χ3v) is 12.3. The minimum absolute atomic E-state index is 0.00110. The number of para-hydroxylation sites is 1. The van der Waals surface area contributed by atoms with Crippen molar-refractivity contribution in [1.82, 2.24) is 30.2 Å². The van der Waals surface area contributed by atoms with E-state index in [-0.39, 0.29) is 48.4 Å². The summed E-state index contributed by atoms with van der Waals surface area (Å²) in [6.45, 7) is 7.17. The van der Waals surface area contributed by atoms with Crippen molar-refractivity contribution in [2.75, 3.05) is 11.9 Å². The highest BCUT2D eigenvalue weighted by Crippen LogP contribution is 2.47. The van der Waals surface area contributed by atoms with Gasteiger partial charge in [0.25, 0.3) is 5.91 Å². The second-order valence-corrected chi connectivity index (χ2v) is 17.9. The van der Waals surface area contributed by atoms with E-state index in [1.807, 2.05) is 37.3 Å². The summed E-state index contributed by atoms with van der Waals surface area (Å²) >= 11 is 6.33. The molecule has 17 heteroatoms. The molecule has 0 unspecified atom stereocenters. The smallest absolute Gasteiger partial charge is 0.408 e. The second kappa shape index (κ2) is 15.3. The van der Waals surface area contributed by atoms with Gasteiger partial charge in [0.05, 0.1) is 11.8 Å². The van der Waals surface area contributed by atoms with Crippen LogP contribution >= 0.6 is 11.6 Å². The first-order valence-corrected chi connectivity index (χ1v) is 20.2. The molecule has 1 saturated heterocycles. The highest BCUT2D eigenvalue weighted by molar-refractivity contribution is 7.91. The van der Waals surface area contributed by atoms with Gasteiger partial charge in [-0.15, -0.1) is 0 Å². The number of rotatable bonds is 13. The molecular formula is C36H48ClN7O8S. The molecule has 4 N–H and O–H groups in total. The first-order chi connectivity index (χ1) is 25.1. The molecule has 0 spiro atoms. The van der Waals surface area contributed by atoms with E-state index < -0.39 is 68.2 Å². The molecule has 53 heavy (non-hydrogen) atoms. The first kappa shape index (κ1) is 38.5. The van der Waals surface area contributed by atoms with Crippen LogP contribution in [0.2, 0.25) is 5.15 Å². The second-order valence-electron chi connectivity index (χ2n) is 15.5. The molecule has 3 aliphatic carbocycles. The summed E-state index contributed by atoms with van der Waals surface area (Å²) < 4.78 is 39.5. The van der Waals surface area contributed by atoms with Gasteiger partial charge in [0.15, 0.2) is 0 Å². The van der Waals surface area contributed by atoms with E-state index in [9.17, 15) is 27.6 Å². The van der Waals surface area contributed by atoms with E-state index in [0.717, 1.165) is 31.4 Å². The molecule has 0 bridgehead atoms. The van der Waals surface area contributed by atoms with Crippen molar-refractivity contribution in [1.29, 1.82) is 0 Å². The molecule has 5 atom stereocenters. The lowest BCUT2D eigenvalue weighted by atomic mass is 9.85. The largest absolute Gasteiger partial charge is 0.472 e. The highest BCUT2D eigenvalue weighted by atomic mass is 35.5. The summed E-state index contributed by atoms with van der Waals surface area (Å²) in [5.41, 5.74) is -1.53. The van der Waals surface area contributed by atoms with E-state index in [1.165, 1.54) is 11.0 Å². The van der Waals surface area contributed by atoms with Gasteiger partial charge in [-0.1, -0.05) is 63.9 Å². The SMILES string of the molecule is CC[C@@H]1C[C@]1(NC(=O)[C@@H]1C[C@@H](Oc2cc(Cl)nc(Nc3ccccc3)n2)CN1C(=O)[C@@H](NC(=O)OC1CCCC1)C(C)(C)C)C(=O)NS(=O)(=O)C1CC1. The van der Waals surface area contributed by atoms with Gasteiger partial charge < -0.3 is 30.3 Å². The number of halogens is 1. The number of amides is 4. The number of aromatic nitrogens is 2. The van der Waals surface area contributed by atoms with E-state index in [2.05, 4.69) is 30.6 Å². The zero-order valence-electron chi connectivity index (χ0n) is 30.4. The molecule has 4 aliphatic rings. The predicted molar refractivity (Wildman–Crippen MR) is 196 cm³/mol. The van der Waals surface area contributed by atoms with Gasteiger partial charge in [-0.2, -0.15) is 4.98 Å². The van der Waals surface area contributed by atoms with Gasteiger partial charge in [0.2, 0.25) is 33.7 Å². The van der Waals surface area contributed by atoms with Crippen molar-refractivity contribution in [3.63, 3.8) is 0 Å². The number of carbonyl (C=O) groups excluding carboxylic acids is 4. The van der Waals surface area contributed by atoms with Crippen LogP contribution in [-0.4, -0.2) is 88.7 Å². The Balaban J connectivity index is 1.24. The quantitative estimate of drug-likeness (QED) is 0.213. The average molecular weight is 774 g/mol. The van der Waals surface area contributed by atoms with Gasteiger partial charge in [0.1, 0.15) is 35.0 Å². The number of nitrogens with zero attached hydrogens (tertiary/aromatic N) is 3. The number of nitrogens with one attached hydrogen (secondary N) is 4. The maximum absolute atomic E-state index is 14.5. The minimum Gasteiger partial charge on any atom is -0.472 e. The zero-order valence-corrected chi connectivity index (χ0v) is 32.0. The Bertz CT molecular complexity index is 1820. The number of hydrogen-bond donors (Lipinski definition) is 4. The standard InChI is InChI=1S/C36H48ClN7O8S/c1-5-21-19-36(21,32(47)43-53(49,50)25-15-16-25)42-30(45)26-17-24(51-28-18-27(37)39-33(40-28)38-22-11-7-6-8-12-22)20-44(26)31(46)29(35(2,3)4)41-34(48)52-23-13-9-10-14-23/h6-8,11-12,18,21,23-26,29H,5,9-10,13-17,19-20H2,1-4H3,(H,41,48)(H,42,45)(H,43,47)(H,38,39,40)/t21-,24-,26+,29-,36-/m1/s1. The van der Waals surface area contributed by atoms with Gasteiger partial charge in [-0.25, -0.2) is 18.2 Å². The van der Waals surface area contributed by atoms with Crippen LogP contribution in [0.1, 0.15) is 85.5 Å². The average Bonchev–Trinajstić information content (AvgIpc) is 3.97. The molecular weight excluding hydrogens is 726 g/mol. The van der Waals surface area contributed by atoms with E-state index in [4.69, 9.17) is 21.1 Å². The van der Waals surface area contributed by atoms with Gasteiger partial charge in [-0.05, 0) is 68.4 Å². The van der Waals surface area contributed by atoms with Gasteiger partial charge in [0, 0.05) is 18.2 Å². The van der Waals surface area contributed by atoms with Crippen molar-refractivity contribution in [3.05, 3.63) is 41.6 Å². The van der Waals surface area contributed by atoms with Crippen LogP contribution in [0.5, 0.6) is 5.88 Å². The zero-order chi connectivity index (χ0) is 38.1. The lowest BCUT2D eigenvalue weighted by Crippen LogP contribution is -2.60. The number of alkyl carbamates (subject to hydrolysis) is 1. The Kier molecular flexibility index (Phi) is 11.1. The number of sulfonamides is 1. The molecule has 1 aromatic heterocycles. The lowest BCUT2D eigenvalue weighted by Gasteiger charge is -2.35. The van der Waals surface area contributed by atoms with E-state index in [0.29, 0.717) is 19.3 Å². The normalized spacial score (nSPS) is 24.9. The summed E-state index contributed by atoms with van der Waals surface area (Å²) in [5.74, 6) is -2.01. The van der Waals surface area contributed by atoms with Crippen molar-refractivity contribution >= 4 is 57.1 Å². The first-order valence-electron chi connectivity index (χ1n) is 18.3. The molecule has 4 amide bonds. The summed E-state index contributed by atoms with van der Waals surface area (Å²) in [5, 5.41) is 8.14. The molecule has 2 aromatic rings. The molecule has 6 rings (SSSR count). The van der Waals surface area contributed by atoms with Crippen molar-refractivity contribution < 1.29 is 37.1 Å². The Morgan fingerprint density at radius 1 is 1.04 bits per heavy atom. The maximum atomic E-state index is 14.5. The third-order valence-electron chi connectivity index (χ3n) is 10.3. The Morgan fingerprint density at radius 2 is 1.74 bits per heavy atom. The van der Waals surface area contributed by atoms with Crippen molar-refractivity contribution in [3.8, 4) is 5.88 Å². The summed E-state index contributed by atoms with van der Waals surface area (Å²) in [6, 6.07) is 8.40. The number of anilines is 2. The van der Waals surface area contributed by atoms with Crippen LogP contribution in [0.3, 0.4) is 0 Å². The van der Waals surface area contributed by atoms with Crippen LogP contribution in [0.15, 0.2) is 36.4 Å². The van der Waals surface area contributed by atoms with Crippen LogP contribution in [0.4, 0.5) is 16.4 Å². The van der Waals surface area contributed by atoms with Crippen molar-refractivity contribution in [2.45, 2.75) is 121 Å². The van der Waals surface area contributed by atoms with Gasteiger partial charge in [-0.3, -0.25) is 19.1 Å².